The standard InChI is InChI=1S/C18H19F2N3O5S/c1-27-14-9-12(13(23(25)26)10-15(14)28-18(19)20)11-21-4-6-22(7-5-21)17(24)16-3-2-8-29-16/h2-3,8-10,18H,4-7,11H2,1H3. The number of hydrogen-bond donors (Lipinski definition) is 0. The molecular weight excluding hydrogens is 408 g/mol. The van der Waals surface area contributed by atoms with Gasteiger partial charge in [-0.1, -0.05) is 6.07 Å². The molecule has 2 aromatic rings. The number of nitro groups is 1. The van der Waals surface area contributed by atoms with Gasteiger partial charge in [0.15, 0.2) is 11.5 Å². The van der Waals surface area contributed by atoms with Crippen LogP contribution in [0, 0.1) is 10.1 Å². The maximum absolute atomic E-state index is 12.6. The summed E-state index contributed by atoms with van der Waals surface area (Å²) in [4.78, 5) is 27.6. The number of amides is 1. The third-order valence-corrected chi connectivity index (χ3v) is 5.42. The van der Waals surface area contributed by atoms with E-state index >= 15 is 0 Å². The average molecular weight is 427 g/mol. The number of alkyl halides is 2. The Hall–Kier alpha value is -2.79. The lowest BCUT2D eigenvalue weighted by Crippen LogP contribution is -2.48. The van der Waals surface area contributed by atoms with Gasteiger partial charge in [-0.05, 0) is 17.5 Å². The van der Waals surface area contributed by atoms with E-state index in [0.717, 1.165) is 6.07 Å². The minimum atomic E-state index is -3.12. The minimum Gasteiger partial charge on any atom is -0.493 e. The van der Waals surface area contributed by atoms with Crippen LogP contribution in [0.4, 0.5) is 14.5 Å². The summed E-state index contributed by atoms with van der Waals surface area (Å²) in [5, 5.41) is 13.3. The highest BCUT2D eigenvalue weighted by atomic mass is 32.1. The number of nitrogens with zero attached hydrogens (tertiary/aromatic N) is 3. The maximum Gasteiger partial charge on any atom is 0.387 e. The summed E-state index contributed by atoms with van der Waals surface area (Å²) in [7, 11) is 1.28. The van der Waals surface area contributed by atoms with Crippen LogP contribution in [0.15, 0.2) is 29.6 Å². The van der Waals surface area contributed by atoms with Crippen LogP contribution >= 0.6 is 11.3 Å². The lowest BCUT2D eigenvalue weighted by Gasteiger charge is -2.34. The Balaban J connectivity index is 1.71. The highest BCUT2D eigenvalue weighted by molar-refractivity contribution is 7.12. The van der Waals surface area contributed by atoms with Crippen molar-refractivity contribution in [2.45, 2.75) is 13.2 Å². The van der Waals surface area contributed by atoms with Crippen LogP contribution in [-0.2, 0) is 6.54 Å². The van der Waals surface area contributed by atoms with Crippen molar-refractivity contribution in [1.29, 1.82) is 0 Å². The number of nitro benzene ring substituents is 1. The summed E-state index contributed by atoms with van der Waals surface area (Å²) in [6, 6.07) is 5.90. The summed E-state index contributed by atoms with van der Waals surface area (Å²) in [6.45, 7) is -0.841. The number of halogens is 2. The molecule has 2 heterocycles. The Morgan fingerprint density at radius 1 is 1.28 bits per heavy atom. The number of ether oxygens (including phenoxy) is 2. The van der Waals surface area contributed by atoms with E-state index in [1.54, 1.807) is 11.0 Å². The van der Waals surface area contributed by atoms with Crippen LogP contribution in [-0.4, -0.2) is 60.5 Å². The fraction of sp³-hybridized carbons (Fsp3) is 0.389. The van der Waals surface area contributed by atoms with Crippen LogP contribution in [0.25, 0.3) is 0 Å². The van der Waals surface area contributed by atoms with Gasteiger partial charge in [-0.25, -0.2) is 0 Å². The van der Waals surface area contributed by atoms with Crippen LogP contribution in [0.1, 0.15) is 15.2 Å². The molecule has 1 aromatic carbocycles. The molecule has 0 radical (unpaired) electrons. The van der Waals surface area contributed by atoms with E-state index in [-0.39, 0.29) is 29.6 Å². The summed E-state index contributed by atoms with van der Waals surface area (Å²) < 4.78 is 34.5. The Kier molecular flexibility index (Phi) is 6.60. The number of hydrogen-bond acceptors (Lipinski definition) is 7. The summed E-state index contributed by atoms with van der Waals surface area (Å²) in [6.07, 6.45) is 0. The fourth-order valence-corrected chi connectivity index (χ4v) is 3.83. The van der Waals surface area contributed by atoms with Crippen molar-refractivity contribution in [3.63, 3.8) is 0 Å². The Labute approximate surface area is 169 Å². The van der Waals surface area contributed by atoms with E-state index < -0.39 is 11.5 Å². The van der Waals surface area contributed by atoms with E-state index in [9.17, 15) is 23.7 Å². The number of thiophene rings is 1. The van der Waals surface area contributed by atoms with Gasteiger partial charge in [-0.15, -0.1) is 11.3 Å². The van der Waals surface area contributed by atoms with Gasteiger partial charge in [-0.3, -0.25) is 19.8 Å². The quantitative estimate of drug-likeness (QED) is 0.498. The van der Waals surface area contributed by atoms with Crippen LogP contribution in [0.5, 0.6) is 11.5 Å². The van der Waals surface area contributed by atoms with Gasteiger partial charge in [0.25, 0.3) is 11.6 Å². The van der Waals surface area contributed by atoms with Crippen molar-refractivity contribution in [3.05, 3.63) is 50.2 Å². The van der Waals surface area contributed by atoms with Gasteiger partial charge in [0.2, 0.25) is 0 Å². The van der Waals surface area contributed by atoms with Crippen LogP contribution < -0.4 is 9.47 Å². The van der Waals surface area contributed by atoms with Crippen molar-refractivity contribution in [1.82, 2.24) is 9.80 Å². The van der Waals surface area contributed by atoms with Crippen LogP contribution in [0.2, 0.25) is 0 Å². The van der Waals surface area contributed by atoms with Gasteiger partial charge in [0, 0.05) is 38.3 Å². The average Bonchev–Trinajstić information content (AvgIpc) is 3.23. The Morgan fingerprint density at radius 2 is 2.00 bits per heavy atom. The summed E-state index contributed by atoms with van der Waals surface area (Å²) in [5.41, 5.74) is 0.00467. The lowest BCUT2D eigenvalue weighted by atomic mass is 10.1. The predicted octanol–water partition coefficient (Wildman–Crippen LogP) is 3.22. The van der Waals surface area contributed by atoms with Crippen molar-refractivity contribution < 1.29 is 28.0 Å². The molecule has 29 heavy (non-hydrogen) atoms. The van der Waals surface area contributed by atoms with Gasteiger partial charge in [-0.2, -0.15) is 8.78 Å². The molecule has 11 heteroatoms. The first-order valence-corrected chi connectivity index (χ1v) is 9.62. The largest absolute Gasteiger partial charge is 0.493 e. The van der Waals surface area contributed by atoms with Gasteiger partial charge in [0.05, 0.1) is 23.0 Å². The lowest BCUT2D eigenvalue weighted by molar-refractivity contribution is -0.385. The molecule has 3 rings (SSSR count). The zero-order valence-corrected chi connectivity index (χ0v) is 16.4. The molecule has 1 aliphatic heterocycles. The second-order valence-corrected chi connectivity index (χ2v) is 7.26. The first-order chi connectivity index (χ1) is 13.9. The molecule has 1 amide bonds. The molecule has 1 aliphatic rings. The predicted molar refractivity (Wildman–Crippen MR) is 102 cm³/mol. The second-order valence-electron chi connectivity index (χ2n) is 6.31. The molecule has 8 nitrogen and oxygen atoms in total. The topological polar surface area (TPSA) is 85.2 Å². The number of piperazine rings is 1. The molecule has 156 valence electrons. The second kappa shape index (κ2) is 9.14. The van der Waals surface area contributed by atoms with Crippen LogP contribution in [0.3, 0.4) is 0 Å². The molecule has 0 atom stereocenters. The first kappa shape index (κ1) is 20.9. The van der Waals surface area contributed by atoms with E-state index in [4.69, 9.17) is 4.74 Å². The first-order valence-electron chi connectivity index (χ1n) is 8.74. The Bertz CT molecular complexity index is 871. The van der Waals surface area contributed by atoms with Gasteiger partial charge >= 0.3 is 6.61 Å². The van der Waals surface area contributed by atoms with Gasteiger partial charge < -0.3 is 14.4 Å². The number of rotatable bonds is 7. The minimum absolute atomic E-state index is 0.00240. The fourth-order valence-electron chi connectivity index (χ4n) is 3.14. The van der Waals surface area contributed by atoms with E-state index in [2.05, 4.69) is 4.74 Å². The third-order valence-electron chi connectivity index (χ3n) is 4.56. The normalized spacial score (nSPS) is 14.8. The molecule has 1 aromatic heterocycles. The Morgan fingerprint density at radius 3 is 2.55 bits per heavy atom. The zero-order valence-electron chi connectivity index (χ0n) is 15.5. The molecule has 1 fully saturated rings. The molecule has 0 unspecified atom stereocenters. The third kappa shape index (κ3) is 4.98. The summed E-state index contributed by atoms with van der Waals surface area (Å²) >= 11 is 1.38. The van der Waals surface area contributed by atoms with Crippen molar-refractivity contribution in [2.75, 3.05) is 33.3 Å². The highest BCUT2D eigenvalue weighted by Gasteiger charge is 2.26. The maximum atomic E-state index is 12.6. The summed E-state index contributed by atoms with van der Waals surface area (Å²) in [5.74, 6) is -0.414. The molecular formula is C18H19F2N3O5S. The smallest absolute Gasteiger partial charge is 0.387 e. The van der Waals surface area contributed by atoms with Crippen molar-refractivity contribution in [3.8, 4) is 11.5 Å². The monoisotopic (exact) mass is 427 g/mol. The number of benzene rings is 1. The molecule has 0 aliphatic carbocycles. The van der Waals surface area contributed by atoms with E-state index in [1.807, 2.05) is 16.3 Å². The number of carbonyl (C=O) groups is 1. The van der Waals surface area contributed by atoms with E-state index in [0.29, 0.717) is 36.6 Å². The highest BCUT2D eigenvalue weighted by Crippen LogP contribution is 2.36. The van der Waals surface area contributed by atoms with Crippen molar-refractivity contribution in [2.24, 2.45) is 0 Å². The van der Waals surface area contributed by atoms with Crippen molar-refractivity contribution >= 4 is 22.9 Å². The molecule has 0 saturated carbocycles. The van der Waals surface area contributed by atoms with Gasteiger partial charge in [0.1, 0.15) is 0 Å². The SMILES string of the molecule is COc1cc(CN2CCN(C(=O)c3cccs3)CC2)c([N+](=O)[O-])cc1OC(F)F. The molecule has 0 N–H and O–H groups in total. The molecule has 0 bridgehead atoms. The van der Waals surface area contributed by atoms with E-state index in [1.165, 1.54) is 24.5 Å². The molecule has 1 saturated heterocycles. The molecule has 0 spiro atoms. The zero-order chi connectivity index (χ0) is 21.0. The number of carbonyl (C=O) groups excluding carboxylic acids is 1. The number of methoxy groups -OCH3 is 1.